The van der Waals surface area contributed by atoms with Crippen molar-refractivity contribution in [1.29, 1.82) is 0 Å². The Morgan fingerprint density at radius 1 is 1.33 bits per heavy atom. The van der Waals surface area contributed by atoms with Crippen molar-refractivity contribution in [3.63, 3.8) is 0 Å². The number of nitrogens with one attached hydrogen (secondary N) is 2. The van der Waals surface area contributed by atoms with E-state index in [0.29, 0.717) is 0 Å². The normalized spacial score (nSPS) is 9.33. The van der Waals surface area contributed by atoms with Gasteiger partial charge in [-0.15, -0.1) is 0 Å². The highest BCUT2D eigenvalue weighted by molar-refractivity contribution is 7.80. The number of hydrogen-bond donors (Lipinski definition) is 3. The zero-order valence-electron chi connectivity index (χ0n) is 6.45. The van der Waals surface area contributed by atoms with E-state index in [0.717, 1.165) is 5.56 Å². The van der Waals surface area contributed by atoms with Crippen molar-refractivity contribution in [2.24, 2.45) is 5.73 Å². The van der Waals surface area contributed by atoms with Gasteiger partial charge in [-0.25, -0.2) is 5.43 Å². The Morgan fingerprint density at radius 2 is 2.00 bits per heavy atom. The highest BCUT2D eigenvalue weighted by Crippen LogP contribution is 1.97. The van der Waals surface area contributed by atoms with E-state index >= 15 is 0 Å². The SMILES string of the molecule is NC(=S)NN[CH]c1ccccc1. The first kappa shape index (κ1) is 8.96. The lowest BCUT2D eigenvalue weighted by atomic mass is 10.2. The number of benzene rings is 1. The molecule has 0 amide bonds. The molecular formula is C8H10N3S. The maximum atomic E-state index is 5.19. The summed E-state index contributed by atoms with van der Waals surface area (Å²) < 4.78 is 0. The fourth-order valence-corrected chi connectivity index (χ4v) is 0.799. The van der Waals surface area contributed by atoms with Crippen molar-refractivity contribution in [3.05, 3.63) is 42.4 Å². The zero-order chi connectivity index (χ0) is 8.81. The number of nitrogens with two attached hydrogens (primary N) is 1. The minimum absolute atomic E-state index is 0.224. The smallest absolute Gasteiger partial charge is 0.178 e. The van der Waals surface area contributed by atoms with Crippen molar-refractivity contribution in [2.45, 2.75) is 0 Å². The van der Waals surface area contributed by atoms with Crippen molar-refractivity contribution in [1.82, 2.24) is 10.9 Å². The quantitative estimate of drug-likeness (QED) is 0.469. The fraction of sp³-hybridized carbons (Fsp3) is 0. The number of hydrogen-bond acceptors (Lipinski definition) is 2. The first-order valence-corrected chi connectivity index (χ1v) is 3.89. The second-order valence-electron chi connectivity index (χ2n) is 2.19. The molecule has 0 spiro atoms. The van der Waals surface area contributed by atoms with Gasteiger partial charge in [0.05, 0.1) is 6.54 Å². The van der Waals surface area contributed by atoms with Crippen LogP contribution in [-0.4, -0.2) is 5.11 Å². The predicted octanol–water partition coefficient (Wildman–Crippen LogP) is 0.534. The van der Waals surface area contributed by atoms with Crippen LogP contribution in [0.25, 0.3) is 0 Å². The molecule has 4 N–H and O–H groups in total. The minimum Gasteiger partial charge on any atom is -0.375 e. The molecule has 1 radical (unpaired) electrons. The molecule has 1 rings (SSSR count). The second-order valence-corrected chi connectivity index (χ2v) is 2.63. The molecule has 0 bridgehead atoms. The molecule has 63 valence electrons. The van der Waals surface area contributed by atoms with E-state index in [1.54, 1.807) is 6.54 Å². The zero-order valence-corrected chi connectivity index (χ0v) is 7.27. The van der Waals surface area contributed by atoms with Gasteiger partial charge in [0.15, 0.2) is 5.11 Å². The van der Waals surface area contributed by atoms with Crippen LogP contribution in [0.15, 0.2) is 30.3 Å². The van der Waals surface area contributed by atoms with Gasteiger partial charge in [0.2, 0.25) is 0 Å². The molecule has 0 aliphatic rings. The van der Waals surface area contributed by atoms with E-state index in [1.807, 2.05) is 30.3 Å². The first-order valence-electron chi connectivity index (χ1n) is 3.48. The molecule has 1 aromatic carbocycles. The van der Waals surface area contributed by atoms with Crippen LogP contribution in [-0.2, 0) is 0 Å². The van der Waals surface area contributed by atoms with Gasteiger partial charge in [-0.2, -0.15) is 0 Å². The minimum atomic E-state index is 0.224. The van der Waals surface area contributed by atoms with Gasteiger partial charge in [0.1, 0.15) is 0 Å². The van der Waals surface area contributed by atoms with Crippen LogP contribution in [0.1, 0.15) is 5.56 Å². The van der Waals surface area contributed by atoms with Crippen LogP contribution < -0.4 is 16.6 Å². The van der Waals surface area contributed by atoms with Crippen molar-refractivity contribution < 1.29 is 0 Å². The van der Waals surface area contributed by atoms with Crippen LogP contribution in [0, 0.1) is 6.54 Å². The molecule has 0 aliphatic carbocycles. The van der Waals surface area contributed by atoms with Gasteiger partial charge in [-0.05, 0) is 17.8 Å². The number of thiocarbonyl (C=S) groups is 1. The van der Waals surface area contributed by atoms with Crippen LogP contribution in [0.4, 0.5) is 0 Å². The molecule has 4 heteroatoms. The summed E-state index contributed by atoms with van der Waals surface area (Å²) in [6.07, 6.45) is 0. The van der Waals surface area contributed by atoms with Gasteiger partial charge in [0, 0.05) is 0 Å². The van der Waals surface area contributed by atoms with Crippen molar-refractivity contribution in [2.75, 3.05) is 0 Å². The first-order chi connectivity index (χ1) is 5.79. The molecule has 0 fully saturated rings. The Balaban J connectivity index is 2.29. The summed E-state index contributed by atoms with van der Waals surface area (Å²) in [7, 11) is 0. The monoisotopic (exact) mass is 180 g/mol. The van der Waals surface area contributed by atoms with E-state index < -0.39 is 0 Å². The average molecular weight is 180 g/mol. The molecule has 0 saturated carbocycles. The van der Waals surface area contributed by atoms with E-state index in [1.165, 1.54) is 0 Å². The number of hydrazine groups is 1. The van der Waals surface area contributed by atoms with E-state index in [-0.39, 0.29) is 5.11 Å². The Hall–Kier alpha value is -1.13. The van der Waals surface area contributed by atoms with Gasteiger partial charge in [-0.1, -0.05) is 30.3 Å². The Kier molecular flexibility index (Phi) is 3.50. The third-order valence-corrected chi connectivity index (χ3v) is 1.34. The number of rotatable bonds is 3. The molecule has 0 aromatic heterocycles. The third kappa shape index (κ3) is 3.32. The van der Waals surface area contributed by atoms with Gasteiger partial charge in [0.25, 0.3) is 0 Å². The summed E-state index contributed by atoms with van der Waals surface area (Å²) in [5.74, 6) is 0. The van der Waals surface area contributed by atoms with Gasteiger partial charge in [-0.3, -0.25) is 5.43 Å². The molecule has 0 atom stereocenters. The summed E-state index contributed by atoms with van der Waals surface area (Å²) in [4.78, 5) is 0. The average Bonchev–Trinajstić information content (AvgIpc) is 2.05. The highest BCUT2D eigenvalue weighted by atomic mass is 32.1. The summed E-state index contributed by atoms with van der Waals surface area (Å²) in [5.41, 5.74) is 11.6. The summed E-state index contributed by atoms with van der Waals surface area (Å²) in [6.45, 7) is 1.78. The molecule has 12 heavy (non-hydrogen) atoms. The summed E-state index contributed by atoms with van der Waals surface area (Å²) >= 11 is 4.60. The molecule has 0 aliphatic heterocycles. The largest absolute Gasteiger partial charge is 0.375 e. The highest BCUT2D eigenvalue weighted by Gasteiger charge is 1.89. The van der Waals surface area contributed by atoms with Crippen molar-refractivity contribution >= 4 is 17.3 Å². The topological polar surface area (TPSA) is 50.1 Å². The molecular weight excluding hydrogens is 170 g/mol. The maximum absolute atomic E-state index is 5.19. The molecule has 1 aromatic rings. The lowest BCUT2D eigenvalue weighted by molar-refractivity contribution is 0.775. The lowest BCUT2D eigenvalue weighted by Gasteiger charge is -2.04. The predicted molar refractivity (Wildman–Crippen MR) is 52.9 cm³/mol. The van der Waals surface area contributed by atoms with Crippen LogP contribution in [0.2, 0.25) is 0 Å². The second kappa shape index (κ2) is 4.69. The van der Waals surface area contributed by atoms with E-state index in [2.05, 4.69) is 23.1 Å². The molecule has 0 saturated heterocycles. The van der Waals surface area contributed by atoms with Gasteiger partial charge < -0.3 is 5.73 Å². The fourth-order valence-electron chi connectivity index (χ4n) is 0.740. The Bertz CT molecular complexity index is 248. The molecule has 3 nitrogen and oxygen atoms in total. The summed E-state index contributed by atoms with van der Waals surface area (Å²) in [6, 6.07) is 9.80. The summed E-state index contributed by atoms with van der Waals surface area (Å²) in [5, 5.41) is 0.224. The van der Waals surface area contributed by atoms with Crippen LogP contribution in [0.3, 0.4) is 0 Å². The van der Waals surface area contributed by atoms with Gasteiger partial charge >= 0.3 is 0 Å². The maximum Gasteiger partial charge on any atom is 0.178 e. The Morgan fingerprint density at radius 3 is 2.58 bits per heavy atom. The lowest BCUT2D eigenvalue weighted by Crippen LogP contribution is -2.39. The van der Waals surface area contributed by atoms with E-state index in [9.17, 15) is 0 Å². The van der Waals surface area contributed by atoms with Crippen LogP contribution in [0.5, 0.6) is 0 Å². The van der Waals surface area contributed by atoms with Crippen molar-refractivity contribution in [3.8, 4) is 0 Å². The standard InChI is InChI=1S/C8H10N3S/c9-8(12)11-10-6-7-4-2-1-3-5-7/h1-6,10H,(H3,9,11,12). The molecule has 0 unspecified atom stereocenters. The van der Waals surface area contributed by atoms with Crippen LogP contribution >= 0.6 is 12.2 Å². The Labute approximate surface area is 76.9 Å². The third-order valence-electron chi connectivity index (χ3n) is 1.23. The van der Waals surface area contributed by atoms with E-state index in [4.69, 9.17) is 5.73 Å². The molecule has 0 heterocycles.